The molecule has 0 spiro atoms. The van der Waals surface area contributed by atoms with Gasteiger partial charge in [0.25, 0.3) is 0 Å². The maximum absolute atomic E-state index is 9.53. The Labute approximate surface area is 119 Å². The van der Waals surface area contributed by atoms with Gasteiger partial charge in [0.05, 0.1) is 17.7 Å². The van der Waals surface area contributed by atoms with E-state index < -0.39 is 0 Å². The molecule has 0 amide bonds. The van der Waals surface area contributed by atoms with Gasteiger partial charge in [0.2, 0.25) is 0 Å². The fraction of sp³-hybridized carbons (Fsp3) is 0.412. The van der Waals surface area contributed by atoms with Crippen molar-refractivity contribution in [3.05, 3.63) is 46.9 Å². The van der Waals surface area contributed by atoms with Crippen LogP contribution in [0.25, 0.3) is 11.3 Å². The lowest BCUT2D eigenvalue weighted by Crippen LogP contribution is -2.16. The summed E-state index contributed by atoms with van der Waals surface area (Å²) in [5.41, 5.74) is 5.74. The Morgan fingerprint density at radius 3 is 2.45 bits per heavy atom. The number of aliphatic hydroxyl groups is 1. The van der Waals surface area contributed by atoms with Crippen LogP contribution in [0.4, 0.5) is 0 Å². The Bertz CT molecular complexity index is 660. The molecular weight excluding hydrogens is 248 g/mol. The molecule has 1 saturated carbocycles. The van der Waals surface area contributed by atoms with Gasteiger partial charge in [-0.2, -0.15) is 0 Å². The summed E-state index contributed by atoms with van der Waals surface area (Å²) in [7, 11) is 0. The molecule has 1 N–H and O–H groups in total. The Balaban J connectivity index is 2.07. The smallest absolute Gasteiger partial charge is 0.137 e. The minimum absolute atomic E-state index is 0.141. The summed E-state index contributed by atoms with van der Waals surface area (Å²) in [4.78, 5) is 9.08. The van der Waals surface area contributed by atoms with Crippen LogP contribution < -0.4 is 0 Å². The summed E-state index contributed by atoms with van der Waals surface area (Å²) >= 11 is 0. The van der Waals surface area contributed by atoms with Crippen LogP contribution >= 0.6 is 0 Å². The van der Waals surface area contributed by atoms with E-state index in [1.54, 1.807) is 0 Å². The molecule has 1 heterocycles. The largest absolute Gasteiger partial charge is 0.395 e. The van der Waals surface area contributed by atoms with Gasteiger partial charge in [-0.05, 0) is 62.4 Å². The van der Waals surface area contributed by atoms with Crippen LogP contribution in [0.2, 0.25) is 0 Å². The number of aromatic nitrogens is 2. The summed E-state index contributed by atoms with van der Waals surface area (Å²) in [6, 6.07) is 6.34. The number of hydrogen-bond acceptors (Lipinski definition) is 3. The summed E-state index contributed by atoms with van der Waals surface area (Å²) in [5.74, 6) is 0.787. The average Bonchev–Trinajstić information content (AvgIpc) is 3.24. The summed E-state index contributed by atoms with van der Waals surface area (Å²) in [6.45, 7) is 6.50. The third kappa shape index (κ3) is 2.12. The minimum Gasteiger partial charge on any atom is -0.395 e. The predicted molar refractivity (Wildman–Crippen MR) is 79.7 cm³/mol. The molecule has 1 aliphatic carbocycles. The van der Waals surface area contributed by atoms with E-state index in [0.717, 1.165) is 29.9 Å². The molecule has 1 aliphatic rings. The van der Waals surface area contributed by atoms with Crippen molar-refractivity contribution >= 4 is 0 Å². The van der Waals surface area contributed by atoms with Crippen LogP contribution in [0, 0.1) is 20.8 Å². The predicted octanol–water partition coefficient (Wildman–Crippen LogP) is 3.09. The van der Waals surface area contributed by atoms with Crippen molar-refractivity contribution in [1.29, 1.82) is 0 Å². The van der Waals surface area contributed by atoms with Gasteiger partial charge in [-0.3, -0.25) is 0 Å². The normalized spacial score (nSPS) is 16.2. The Kier molecular flexibility index (Phi) is 3.09. The molecule has 3 heteroatoms. The molecule has 3 nitrogen and oxygen atoms in total. The van der Waals surface area contributed by atoms with E-state index in [1.165, 1.54) is 16.7 Å². The minimum atomic E-state index is -0.177. The highest BCUT2D eigenvalue weighted by Crippen LogP contribution is 2.46. The van der Waals surface area contributed by atoms with E-state index in [4.69, 9.17) is 4.98 Å². The first-order valence-electron chi connectivity index (χ1n) is 7.08. The summed E-state index contributed by atoms with van der Waals surface area (Å²) < 4.78 is 0. The third-order valence-electron chi connectivity index (χ3n) is 4.40. The lowest BCUT2D eigenvalue weighted by atomic mass is 9.98. The zero-order chi connectivity index (χ0) is 14.3. The van der Waals surface area contributed by atoms with Crippen LogP contribution in [-0.4, -0.2) is 21.7 Å². The topological polar surface area (TPSA) is 46.0 Å². The van der Waals surface area contributed by atoms with Crippen LogP contribution in [-0.2, 0) is 5.41 Å². The highest BCUT2D eigenvalue weighted by molar-refractivity contribution is 5.65. The van der Waals surface area contributed by atoms with Crippen LogP contribution in [0.15, 0.2) is 24.4 Å². The molecule has 0 atom stereocenters. The van der Waals surface area contributed by atoms with E-state index in [-0.39, 0.29) is 12.0 Å². The van der Waals surface area contributed by atoms with Crippen molar-refractivity contribution in [3.63, 3.8) is 0 Å². The van der Waals surface area contributed by atoms with Crippen LogP contribution in [0.5, 0.6) is 0 Å². The summed E-state index contributed by atoms with van der Waals surface area (Å²) in [5, 5.41) is 9.53. The Hall–Kier alpha value is -1.74. The van der Waals surface area contributed by atoms with Gasteiger partial charge in [0.1, 0.15) is 5.82 Å². The Morgan fingerprint density at radius 1 is 1.10 bits per heavy atom. The second-order valence-electron chi connectivity index (χ2n) is 5.96. The van der Waals surface area contributed by atoms with Gasteiger partial charge in [-0.1, -0.05) is 6.07 Å². The molecule has 3 rings (SSSR count). The van der Waals surface area contributed by atoms with Gasteiger partial charge < -0.3 is 5.11 Å². The molecule has 2 aromatic rings. The molecule has 0 bridgehead atoms. The number of rotatable bonds is 3. The zero-order valence-corrected chi connectivity index (χ0v) is 12.3. The highest BCUT2D eigenvalue weighted by Gasteiger charge is 2.46. The second-order valence-corrected chi connectivity index (χ2v) is 5.96. The van der Waals surface area contributed by atoms with Gasteiger partial charge in [0.15, 0.2) is 0 Å². The van der Waals surface area contributed by atoms with Gasteiger partial charge >= 0.3 is 0 Å². The van der Waals surface area contributed by atoms with E-state index >= 15 is 0 Å². The lowest BCUT2D eigenvalue weighted by molar-refractivity contribution is 0.250. The SMILES string of the molecule is Cc1cc(C)c(-c2ccnc(C3(CO)CC3)n2)cc1C. The zero-order valence-electron chi connectivity index (χ0n) is 12.3. The fourth-order valence-electron chi connectivity index (χ4n) is 2.60. The number of benzene rings is 1. The second kappa shape index (κ2) is 4.67. The molecule has 0 radical (unpaired) electrons. The monoisotopic (exact) mass is 268 g/mol. The van der Waals surface area contributed by atoms with E-state index in [9.17, 15) is 5.11 Å². The number of aryl methyl sites for hydroxylation is 3. The van der Waals surface area contributed by atoms with Crippen molar-refractivity contribution in [2.75, 3.05) is 6.61 Å². The van der Waals surface area contributed by atoms with Crippen LogP contribution in [0.1, 0.15) is 35.4 Å². The van der Waals surface area contributed by atoms with Crippen molar-refractivity contribution in [2.24, 2.45) is 0 Å². The molecule has 0 saturated heterocycles. The average molecular weight is 268 g/mol. The van der Waals surface area contributed by atoms with Crippen molar-refractivity contribution in [2.45, 2.75) is 39.0 Å². The number of aliphatic hydroxyl groups excluding tert-OH is 1. The molecule has 0 unspecified atom stereocenters. The molecule has 1 fully saturated rings. The maximum Gasteiger partial charge on any atom is 0.137 e. The van der Waals surface area contributed by atoms with Gasteiger partial charge in [-0.15, -0.1) is 0 Å². The van der Waals surface area contributed by atoms with Crippen LogP contribution in [0.3, 0.4) is 0 Å². The first-order chi connectivity index (χ1) is 9.55. The van der Waals surface area contributed by atoms with Crippen molar-refractivity contribution in [3.8, 4) is 11.3 Å². The van der Waals surface area contributed by atoms with E-state index in [2.05, 4.69) is 37.9 Å². The molecule has 0 aliphatic heterocycles. The third-order valence-corrected chi connectivity index (χ3v) is 4.40. The lowest BCUT2D eigenvalue weighted by Gasteiger charge is -2.13. The Morgan fingerprint density at radius 2 is 1.80 bits per heavy atom. The number of nitrogens with zero attached hydrogens (tertiary/aromatic N) is 2. The first-order valence-corrected chi connectivity index (χ1v) is 7.08. The van der Waals surface area contributed by atoms with E-state index in [1.807, 2.05) is 12.3 Å². The standard InChI is InChI=1S/C17H20N2O/c1-11-8-13(3)14(9-12(11)2)15-4-7-18-16(19-15)17(10-20)5-6-17/h4,7-9,20H,5-6,10H2,1-3H3. The molecule has 104 valence electrons. The molecule has 1 aromatic carbocycles. The van der Waals surface area contributed by atoms with Crippen molar-refractivity contribution in [1.82, 2.24) is 9.97 Å². The van der Waals surface area contributed by atoms with E-state index in [0.29, 0.717) is 0 Å². The van der Waals surface area contributed by atoms with Crippen molar-refractivity contribution < 1.29 is 5.11 Å². The highest BCUT2D eigenvalue weighted by atomic mass is 16.3. The molecular formula is C17H20N2O. The quantitative estimate of drug-likeness (QED) is 0.930. The number of hydrogen-bond donors (Lipinski definition) is 1. The maximum atomic E-state index is 9.53. The molecule has 20 heavy (non-hydrogen) atoms. The fourth-order valence-corrected chi connectivity index (χ4v) is 2.60. The van der Waals surface area contributed by atoms with Gasteiger partial charge in [0, 0.05) is 11.8 Å². The first kappa shape index (κ1) is 13.3. The van der Waals surface area contributed by atoms with Gasteiger partial charge in [-0.25, -0.2) is 9.97 Å². The summed E-state index contributed by atoms with van der Waals surface area (Å²) in [6.07, 6.45) is 3.78. The molecule has 1 aromatic heterocycles.